The first-order valence-electron chi connectivity index (χ1n) is 20.8. The summed E-state index contributed by atoms with van der Waals surface area (Å²) in [5.74, 6) is 1.13. The molecule has 0 aliphatic heterocycles. The average Bonchev–Trinajstić information content (AvgIpc) is 3.64. The molecule has 0 saturated heterocycles. The molecule has 8 aromatic carbocycles. The second-order valence-electron chi connectivity index (χ2n) is 16.0. The maximum absolute atomic E-state index is 14.6. The molecule has 0 bridgehead atoms. The molecule has 10 rings (SSSR count). The summed E-state index contributed by atoms with van der Waals surface area (Å²) in [7, 11) is 0. The highest BCUT2D eigenvalue weighted by molar-refractivity contribution is 6.12. The van der Waals surface area contributed by atoms with Gasteiger partial charge >= 0.3 is 12.4 Å². The molecule has 2 aromatic heterocycles. The summed E-state index contributed by atoms with van der Waals surface area (Å²) in [6.45, 7) is 3.59. The standard InChI is InChI=1S/C55H36F6N4/c1-33-13-11-18-37(27-33)44-31-40(53-63-51(35-14-5-3-6-15-35)62-52(64-53)36-16-7-4-8-17-36)32-45(38-19-12-20-41(29-38)54(56,57)58)50(44)65-48-22-10-9-21-43(48)46-30-39(24-26-49(46)65)42-25-23-34(2)28-47(42)55(59,60)61/h3-32H,1-2H3. The van der Waals surface area contributed by atoms with Gasteiger partial charge < -0.3 is 4.57 Å². The fourth-order valence-electron chi connectivity index (χ4n) is 8.58. The van der Waals surface area contributed by atoms with Crippen LogP contribution in [0.1, 0.15) is 22.3 Å². The molecule has 0 amide bonds. The smallest absolute Gasteiger partial charge is 0.308 e. The van der Waals surface area contributed by atoms with Crippen LogP contribution >= 0.6 is 0 Å². The molecule has 0 atom stereocenters. The summed E-state index contributed by atoms with van der Waals surface area (Å²) in [6, 6.07) is 52.9. The van der Waals surface area contributed by atoms with Crippen LogP contribution in [0.15, 0.2) is 182 Å². The second kappa shape index (κ2) is 16.1. The van der Waals surface area contributed by atoms with E-state index in [1.165, 1.54) is 12.1 Å². The zero-order chi connectivity index (χ0) is 45.0. The Morgan fingerprint density at radius 2 is 0.892 bits per heavy atom. The summed E-state index contributed by atoms with van der Waals surface area (Å²) in [4.78, 5) is 14.9. The van der Waals surface area contributed by atoms with Crippen LogP contribution in [-0.2, 0) is 12.4 Å². The lowest BCUT2D eigenvalue weighted by atomic mass is 9.91. The van der Waals surface area contributed by atoms with Crippen LogP contribution < -0.4 is 0 Å². The lowest BCUT2D eigenvalue weighted by Crippen LogP contribution is -2.07. The first kappa shape index (κ1) is 41.2. The van der Waals surface area contributed by atoms with Crippen LogP contribution in [0, 0.1) is 13.8 Å². The minimum atomic E-state index is -4.65. The number of fused-ring (bicyclic) bond motifs is 3. The number of aromatic nitrogens is 4. The topological polar surface area (TPSA) is 43.6 Å². The van der Waals surface area contributed by atoms with Crippen molar-refractivity contribution >= 4 is 21.8 Å². The summed E-state index contributed by atoms with van der Waals surface area (Å²) in [5, 5.41) is 1.41. The molecule has 2 heterocycles. The Morgan fingerprint density at radius 1 is 0.369 bits per heavy atom. The first-order valence-corrected chi connectivity index (χ1v) is 20.8. The number of aryl methyl sites for hydroxylation is 2. The van der Waals surface area contributed by atoms with E-state index in [1.807, 2.05) is 133 Å². The van der Waals surface area contributed by atoms with Gasteiger partial charge in [0.1, 0.15) is 0 Å². The van der Waals surface area contributed by atoms with E-state index in [0.29, 0.717) is 67.4 Å². The molecule has 10 heteroatoms. The molecule has 65 heavy (non-hydrogen) atoms. The zero-order valence-electron chi connectivity index (χ0n) is 34.9. The number of halogens is 6. The average molecular weight is 867 g/mol. The van der Waals surface area contributed by atoms with E-state index < -0.39 is 23.5 Å². The molecule has 0 saturated carbocycles. The number of nitrogens with zero attached hydrogens (tertiary/aromatic N) is 4. The SMILES string of the molecule is Cc1cccc(-c2cc(-c3nc(-c4ccccc4)nc(-c4ccccc4)n3)cc(-c3cccc(C(F)(F)F)c3)c2-n2c3ccccc3c3cc(-c4ccc(C)cc4C(F)(F)F)ccc32)c1. The Kier molecular flexibility index (Phi) is 10.2. The molecule has 318 valence electrons. The van der Waals surface area contributed by atoms with Crippen molar-refractivity contribution in [1.29, 1.82) is 0 Å². The molecule has 0 N–H and O–H groups in total. The van der Waals surface area contributed by atoms with Gasteiger partial charge in [-0.3, -0.25) is 0 Å². The van der Waals surface area contributed by atoms with E-state index in [1.54, 1.807) is 37.3 Å². The van der Waals surface area contributed by atoms with Crippen molar-refractivity contribution in [2.24, 2.45) is 0 Å². The van der Waals surface area contributed by atoms with Gasteiger partial charge in [0.25, 0.3) is 0 Å². The highest BCUT2D eigenvalue weighted by Crippen LogP contribution is 2.46. The highest BCUT2D eigenvalue weighted by Gasteiger charge is 2.34. The predicted molar refractivity (Wildman–Crippen MR) is 246 cm³/mol. The first-order chi connectivity index (χ1) is 31.3. The van der Waals surface area contributed by atoms with E-state index in [0.717, 1.165) is 45.8 Å². The lowest BCUT2D eigenvalue weighted by Gasteiger charge is -2.22. The number of hydrogen-bond donors (Lipinski definition) is 0. The number of para-hydroxylation sites is 1. The van der Waals surface area contributed by atoms with Crippen LogP contribution in [0.2, 0.25) is 0 Å². The van der Waals surface area contributed by atoms with Crippen molar-refractivity contribution in [3.63, 3.8) is 0 Å². The van der Waals surface area contributed by atoms with E-state index in [4.69, 9.17) is 15.0 Å². The van der Waals surface area contributed by atoms with Gasteiger partial charge in [-0.2, -0.15) is 26.3 Å². The largest absolute Gasteiger partial charge is 0.417 e. The number of benzene rings is 8. The molecular formula is C55H36F6N4. The van der Waals surface area contributed by atoms with Gasteiger partial charge in [-0.25, -0.2) is 15.0 Å². The third kappa shape index (κ3) is 7.81. The number of hydrogen-bond acceptors (Lipinski definition) is 3. The molecule has 0 radical (unpaired) electrons. The van der Waals surface area contributed by atoms with Crippen molar-refractivity contribution in [3.05, 3.63) is 204 Å². The predicted octanol–water partition coefficient (Wildman–Crippen LogP) is 15.6. The maximum Gasteiger partial charge on any atom is 0.417 e. The monoisotopic (exact) mass is 866 g/mol. The molecule has 0 fully saturated rings. The third-order valence-corrected chi connectivity index (χ3v) is 11.6. The third-order valence-electron chi connectivity index (χ3n) is 11.6. The quantitative estimate of drug-likeness (QED) is 0.150. The van der Waals surface area contributed by atoms with Gasteiger partial charge in [0.15, 0.2) is 17.5 Å². The number of rotatable bonds is 7. The van der Waals surface area contributed by atoms with Crippen molar-refractivity contribution < 1.29 is 26.3 Å². The highest BCUT2D eigenvalue weighted by atomic mass is 19.4. The van der Waals surface area contributed by atoms with Crippen molar-refractivity contribution in [2.75, 3.05) is 0 Å². The summed E-state index contributed by atoms with van der Waals surface area (Å²) in [5.41, 5.74) is 6.36. The minimum absolute atomic E-state index is 0.0402. The van der Waals surface area contributed by atoms with Crippen LogP contribution in [0.4, 0.5) is 26.3 Å². The molecule has 10 aromatic rings. The van der Waals surface area contributed by atoms with Crippen LogP contribution in [0.25, 0.3) is 95.0 Å². The molecule has 0 spiro atoms. The maximum atomic E-state index is 14.6. The van der Waals surface area contributed by atoms with Gasteiger partial charge in [0, 0.05) is 38.6 Å². The second-order valence-corrected chi connectivity index (χ2v) is 16.0. The van der Waals surface area contributed by atoms with Crippen molar-refractivity contribution in [2.45, 2.75) is 26.2 Å². The Morgan fingerprint density at radius 3 is 1.51 bits per heavy atom. The number of alkyl halides is 6. The summed E-state index contributed by atoms with van der Waals surface area (Å²) >= 11 is 0. The Bertz CT molecular complexity index is 3370. The van der Waals surface area contributed by atoms with Crippen LogP contribution in [0.3, 0.4) is 0 Å². The van der Waals surface area contributed by atoms with Crippen molar-refractivity contribution in [1.82, 2.24) is 19.5 Å². The van der Waals surface area contributed by atoms with Gasteiger partial charge in [0.2, 0.25) is 0 Å². The molecule has 4 nitrogen and oxygen atoms in total. The van der Waals surface area contributed by atoms with Gasteiger partial charge in [-0.15, -0.1) is 0 Å². The van der Waals surface area contributed by atoms with Crippen LogP contribution in [-0.4, -0.2) is 19.5 Å². The van der Waals surface area contributed by atoms with E-state index in [9.17, 15) is 26.3 Å². The Hall–Kier alpha value is -7.85. The minimum Gasteiger partial charge on any atom is -0.308 e. The summed E-state index contributed by atoms with van der Waals surface area (Å²) < 4.78 is 89.5. The van der Waals surface area contributed by atoms with Crippen LogP contribution in [0.5, 0.6) is 0 Å². The normalized spacial score (nSPS) is 12.0. The molecule has 0 unspecified atom stereocenters. The van der Waals surface area contributed by atoms with E-state index >= 15 is 0 Å². The van der Waals surface area contributed by atoms with Gasteiger partial charge in [0.05, 0.1) is 27.8 Å². The molecule has 0 aliphatic carbocycles. The fourth-order valence-corrected chi connectivity index (χ4v) is 8.58. The fraction of sp³-hybridized carbons (Fsp3) is 0.0727. The Labute approximate surface area is 370 Å². The van der Waals surface area contributed by atoms with E-state index in [2.05, 4.69) is 0 Å². The zero-order valence-corrected chi connectivity index (χ0v) is 34.9. The molecule has 0 aliphatic rings. The van der Waals surface area contributed by atoms with Gasteiger partial charge in [-0.1, -0.05) is 145 Å². The summed E-state index contributed by atoms with van der Waals surface area (Å²) in [6.07, 6.45) is -9.25. The van der Waals surface area contributed by atoms with E-state index in [-0.39, 0.29) is 11.1 Å². The van der Waals surface area contributed by atoms with Gasteiger partial charge in [-0.05, 0) is 84.6 Å². The molecular weight excluding hydrogens is 831 g/mol. The Balaban J connectivity index is 1.32. The lowest BCUT2D eigenvalue weighted by molar-refractivity contribution is -0.138. The van der Waals surface area contributed by atoms with Crippen molar-refractivity contribution in [3.8, 4) is 73.2 Å².